The maximum absolute atomic E-state index is 15.7. The number of carbonyl (C=O) groups is 8. The lowest BCUT2D eigenvalue weighted by Crippen LogP contribution is -2.55. The number of fused-ring (bicyclic) bond motifs is 14. The summed E-state index contributed by atoms with van der Waals surface area (Å²) in [6, 6.07) is 7.27. The lowest BCUT2D eigenvalue weighted by atomic mass is 9.89. The molecule has 6 heterocycles. The first-order chi connectivity index (χ1) is 42.4. The van der Waals surface area contributed by atoms with E-state index in [9.17, 15) is 60.0 Å². The Morgan fingerprint density at radius 3 is 1.78 bits per heavy atom. The summed E-state index contributed by atoms with van der Waals surface area (Å²) in [7, 11) is 0. The number of hydrogen-bond donors (Lipinski definition) is 16. The van der Waals surface area contributed by atoms with Crippen LogP contribution in [0.4, 0.5) is 0 Å². The van der Waals surface area contributed by atoms with E-state index in [2.05, 4.69) is 37.2 Å². The SMILES string of the molecule is NCC(=O)N[C@@H]1C(=O)N[C@@H]2Cc3ccc(c(Cl)c3)Oc3cc4cc(c3O)Oc3ccc(cc3Cl)[C@@H](O)[C@@H]3NC(=O)[C@H](NC(=O)[C@@H]4NC(=O)[C@@H](NC2=O)c2cc(O)cc(c2)Oc2cc1ccc2O)c1ccc(O)c(c1)-c1c(O)cc(O)cc1[C@@H](C(=O)O)NC3=O. The molecule has 456 valence electrons. The van der Waals surface area contributed by atoms with Crippen molar-refractivity contribution in [2.75, 3.05) is 6.54 Å². The number of hydrogen-bond acceptors (Lipinski definition) is 19. The normalized spacial score (nSPS) is 21.5. The van der Waals surface area contributed by atoms with E-state index in [4.69, 9.17) is 43.1 Å². The van der Waals surface area contributed by atoms with Gasteiger partial charge in [-0.3, -0.25) is 33.6 Å². The van der Waals surface area contributed by atoms with Crippen LogP contribution in [0.15, 0.2) is 115 Å². The van der Waals surface area contributed by atoms with Gasteiger partial charge in [-0.2, -0.15) is 0 Å². The van der Waals surface area contributed by atoms with Gasteiger partial charge in [-0.05, 0) is 112 Å². The number of phenols is 6. The Balaban J connectivity index is 1.14. The van der Waals surface area contributed by atoms with Gasteiger partial charge in [0.15, 0.2) is 29.0 Å². The zero-order chi connectivity index (χ0) is 63.4. The molecule has 27 nitrogen and oxygen atoms in total. The van der Waals surface area contributed by atoms with Crippen molar-refractivity contribution in [3.05, 3.63) is 164 Å². The van der Waals surface area contributed by atoms with Gasteiger partial charge < -0.3 is 98.0 Å². The van der Waals surface area contributed by atoms with Gasteiger partial charge >= 0.3 is 5.97 Å². The molecule has 8 atom stereocenters. The second-order valence-corrected chi connectivity index (χ2v) is 21.6. The van der Waals surface area contributed by atoms with E-state index in [1.807, 2.05) is 0 Å². The quantitative estimate of drug-likeness (QED) is 0.118. The number of carbonyl (C=O) groups excluding carboxylic acids is 7. The highest BCUT2D eigenvalue weighted by Gasteiger charge is 2.41. The Bertz CT molecular complexity index is 4190. The fourth-order valence-corrected chi connectivity index (χ4v) is 11.0. The second kappa shape index (κ2) is 23.7. The third-order valence-corrected chi connectivity index (χ3v) is 15.5. The summed E-state index contributed by atoms with van der Waals surface area (Å²) in [6.45, 7) is -0.597. The molecule has 7 aromatic carbocycles. The van der Waals surface area contributed by atoms with Gasteiger partial charge in [-0.25, -0.2) is 4.79 Å². The molecule has 0 aromatic heterocycles. The number of aromatic hydroxyl groups is 6. The first kappa shape index (κ1) is 59.7. The molecule has 0 unspecified atom stereocenters. The average molecular weight is 1260 g/mol. The molecule has 7 aromatic rings. The highest BCUT2D eigenvalue weighted by molar-refractivity contribution is 6.32. The first-order valence-electron chi connectivity index (χ1n) is 26.7. The molecule has 89 heavy (non-hydrogen) atoms. The maximum Gasteiger partial charge on any atom is 0.330 e. The zero-order valence-electron chi connectivity index (χ0n) is 45.4. The number of amides is 7. The fourth-order valence-electron chi connectivity index (χ4n) is 10.6. The minimum Gasteiger partial charge on any atom is -0.508 e. The molecule has 0 spiro atoms. The maximum atomic E-state index is 15.7. The summed E-state index contributed by atoms with van der Waals surface area (Å²) >= 11 is 13.7. The van der Waals surface area contributed by atoms with Crippen LogP contribution in [0.5, 0.6) is 69.0 Å². The number of nitrogens with one attached hydrogen (secondary N) is 7. The first-order valence-corrected chi connectivity index (χ1v) is 27.4. The Hall–Kier alpha value is -11.0. The van der Waals surface area contributed by atoms with Crippen LogP contribution in [0.2, 0.25) is 10.0 Å². The molecule has 29 heteroatoms. The molecule has 0 aliphatic carbocycles. The molecule has 13 rings (SSSR count). The number of carboxylic acids is 1. The van der Waals surface area contributed by atoms with Crippen molar-refractivity contribution in [1.82, 2.24) is 37.2 Å². The van der Waals surface area contributed by atoms with Crippen LogP contribution in [0, 0.1) is 0 Å². The van der Waals surface area contributed by atoms with Gasteiger partial charge in [-0.15, -0.1) is 0 Å². The highest BCUT2D eigenvalue weighted by Crippen LogP contribution is 2.48. The van der Waals surface area contributed by atoms with Crippen LogP contribution in [-0.2, 0) is 44.8 Å². The predicted octanol–water partition coefficient (Wildman–Crippen LogP) is 4.10. The molecule has 7 amide bonds. The third-order valence-electron chi connectivity index (χ3n) is 14.9. The van der Waals surface area contributed by atoms with E-state index in [1.165, 1.54) is 48.5 Å². The van der Waals surface area contributed by atoms with Crippen LogP contribution < -0.4 is 57.2 Å². The minimum atomic E-state index is -2.21. The summed E-state index contributed by atoms with van der Waals surface area (Å²) in [5, 5.41) is 108. The Kier molecular flexibility index (Phi) is 15.9. The third kappa shape index (κ3) is 11.9. The van der Waals surface area contributed by atoms with Crippen molar-refractivity contribution in [3.63, 3.8) is 0 Å². The largest absolute Gasteiger partial charge is 0.508 e. The van der Waals surface area contributed by atoms with Crippen molar-refractivity contribution >= 4 is 70.5 Å². The molecule has 0 radical (unpaired) electrons. The van der Waals surface area contributed by atoms with E-state index in [0.29, 0.717) is 0 Å². The summed E-state index contributed by atoms with van der Waals surface area (Å²) in [4.78, 5) is 117. The van der Waals surface area contributed by atoms with Gasteiger partial charge in [0.2, 0.25) is 47.1 Å². The Morgan fingerprint density at radius 2 is 1.11 bits per heavy atom. The van der Waals surface area contributed by atoms with Crippen molar-refractivity contribution in [1.29, 1.82) is 0 Å². The lowest BCUT2D eigenvalue weighted by molar-refractivity contribution is -0.143. The number of aliphatic hydroxyl groups is 1. The molecule has 17 N–H and O–H groups in total. The van der Waals surface area contributed by atoms with E-state index < -0.39 is 171 Å². The molecular weight excluding hydrogens is 1210 g/mol. The zero-order valence-corrected chi connectivity index (χ0v) is 46.9. The number of benzene rings is 7. The van der Waals surface area contributed by atoms with Gasteiger partial charge in [-0.1, -0.05) is 47.5 Å². The minimum absolute atomic E-state index is 0.0146. The lowest BCUT2D eigenvalue weighted by Gasteiger charge is -2.31. The number of nitrogens with two attached hydrogens (primary N) is 1. The summed E-state index contributed by atoms with van der Waals surface area (Å²) < 4.78 is 18.5. The van der Waals surface area contributed by atoms with Crippen molar-refractivity contribution < 1.29 is 93.4 Å². The van der Waals surface area contributed by atoms with Crippen molar-refractivity contribution in [3.8, 4) is 80.1 Å². The van der Waals surface area contributed by atoms with Crippen molar-refractivity contribution in [2.24, 2.45) is 5.73 Å². The number of rotatable bonds is 3. The van der Waals surface area contributed by atoms with Gasteiger partial charge in [0.25, 0.3) is 0 Å². The molecule has 0 fully saturated rings. The van der Waals surface area contributed by atoms with E-state index in [0.717, 1.165) is 66.7 Å². The van der Waals surface area contributed by atoms with Crippen LogP contribution in [0.3, 0.4) is 0 Å². The number of ether oxygens (including phenoxy) is 3. The Labute approximate surface area is 510 Å². The fraction of sp³-hybridized carbons (Fsp3) is 0.167. The average Bonchev–Trinajstić information content (AvgIpc) is 0.988. The van der Waals surface area contributed by atoms with Crippen LogP contribution in [0.25, 0.3) is 11.1 Å². The molecule has 17 bridgehead atoms. The van der Waals surface area contributed by atoms with E-state index in [-0.39, 0.29) is 66.4 Å². The van der Waals surface area contributed by atoms with Crippen LogP contribution in [-0.4, -0.2) is 107 Å². The second-order valence-electron chi connectivity index (χ2n) is 20.8. The monoisotopic (exact) mass is 1250 g/mol. The molecule has 0 saturated heterocycles. The summed E-state index contributed by atoms with van der Waals surface area (Å²) in [6.07, 6.45) is -2.57. The predicted molar refractivity (Wildman–Crippen MR) is 308 cm³/mol. The van der Waals surface area contributed by atoms with Gasteiger partial charge in [0, 0.05) is 35.2 Å². The summed E-state index contributed by atoms with van der Waals surface area (Å²) in [5.74, 6) is -16.4. The van der Waals surface area contributed by atoms with Gasteiger partial charge in [0.05, 0.1) is 16.6 Å². The Morgan fingerprint density at radius 1 is 0.528 bits per heavy atom. The number of aliphatic hydroxyl groups excluding tert-OH is 1. The van der Waals surface area contributed by atoms with Crippen LogP contribution in [0.1, 0.15) is 75.3 Å². The van der Waals surface area contributed by atoms with Gasteiger partial charge in [0.1, 0.15) is 82.6 Å². The number of phenolic OH excluding ortho intramolecular Hbond substituents is 6. The molecule has 0 saturated carbocycles. The molecule has 6 aliphatic rings. The smallest absolute Gasteiger partial charge is 0.330 e. The number of aliphatic carboxylic acids is 1. The van der Waals surface area contributed by atoms with E-state index in [1.54, 1.807) is 0 Å². The van der Waals surface area contributed by atoms with Crippen LogP contribution >= 0.6 is 23.2 Å². The number of halogens is 2. The summed E-state index contributed by atoms with van der Waals surface area (Å²) in [5.41, 5.74) is 3.32. The number of carboxylic acid groups (broad SMARTS) is 1. The topological polar surface area (TPSA) is 436 Å². The standard InChI is InChI=1S/C60H48Cl2N8O19/c61-33-9-22-1-7-39(33)88-42-16-27-17-43(53(42)78)89-40-8-4-25(14-34(40)62)52(77)51-59(84)69-50(60(85)86)32-19-29(72)20-38(75)45(32)31-13-23(2-5-36(31)73)47(56(81)70-51)67-58(83)49(27)68-57(82)48-26-11-28(71)18-30(12-26)87-41-15-24(3-6-37(41)74)46(65-44(76)21-63)55(80)64-35(10-22)54(79)66-48/h1-9,11-20,35,46-52,71-75,77-78H,10,21,63H2,(H,64,80)(H,65,76)(H,66,79)(H,67,83)(H,68,82)(H,69,84)(H,70,81)(H,85,86)/t35-,46+,47-,48+,49-,50+,51+,52-/m1/s1. The van der Waals surface area contributed by atoms with Crippen molar-refractivity contribution in [2.45, 2.75) is 54.8 Å². The van der Waals surface area contributed by atoms with E-state index >= 15 is 19.2 Å². The molecular formula is C60H48Cl2N8O19. The molecule has 6 aliphatic heterocycles. The highest BCUT2D eigenvalue weighted by atomic mass is 35.5.